The summed E-state index contributed by atoms with van der Waals surface area (Å²) in [5.74, 6) is -0.982. The third kappa shape index (κ3) is 3.18. The van der Waals surface area contributed by atoms with Gasteiger partial charge in [0.15, 0.2) is 5.16 Å². The first-order valence-electron chi connectivity index (χ1n) is 6.34. The normalized spacial score (nSPS) is 21.5. The molecule has 0 bridgehead atoms. The van der Waals surface area contributed by atoms with Gasteiger partial charge >= 0.3 is 5.97 Å². The molecule has 1 heterocycles. The summed E-state index contributed by atoms with van der Waals surface area (Å²) in [7, 11) is 0. The maximum Gasteiger partial charge on any atom is 0.313 e. The van der Waals surface area contributed by atoms with Gasteiger partial charge in [0.2, 0.25) is 0 Å². The molecule has 0 spiro atoms. The molecule has 0 amide bonds. The Morgan fingerprint density at radius 1 is 1.63 bits per heavy atom. The third-order valence-corrected chi connectivity index (χ3v) is 4.62. The second kappa shape index (κ2) is 5.36. The molecule has 6 heteroatoms. The zero-order valence-corrected chi connectivity index (χ0v) is 11.9. The molecular weight excluding hydrogens is 264 g/mol. The Bertz CT molecular complexity index is 539. The van der Waals surface area contributed by atoms with Gasteiger partial charge < -0.3 is 9.67 Å². The number of aliphatic carboxylic acids is 1. The largest absolute Gasteiger partial charge is 0.481 e. The van der Waals surface area contributed by atoms with Crippen molar-refractivity contribution < 1.29 is 9.90 Å². The number of rotatable bonds is 4. The summed E-state index contributed by atoms with van der Waals surface area (Å²) in [4.78, 5) is 26.0. The number of hydrogen-bond donors (Lipinski definition) is 1. The van der Waals surface area contributed by atoms with Gasteiger partial charge in [-0.2, -0.15) is 4.98 Å². The van der Waals surface area contributed by atoms with Crippen LogP contribution in [0.4, 0.5) is 0 Å². The highest BCUT2D eigenvalue weighted by molar-refractivity contribution is 7.99. The summed E-state index contributed by atoms with van der Waals surface area (Å²) < 4.78 is 1.97. The Kier molecular flexibility index (Phi) is 3.99. The monoisotopic (exact) mass is 282 g/mol. The number of hydrogen-bond acceptors (Lipinski definition) is 4. The number of carboxylic acid groups (broad SMARTS) is 1. The molecule has 1 atom stereocenters. The molecule has 0 aromatic carbocycles. The van der Waals surface area contributed by atoms with Crippen LogP contribution < -0.4 is 5.56 Å². The van der Waals surface area contributed by atoms with Crippen molar-refractivity contribution in [3.8, 4) is 0 Å². The number of carbonyl (C=O) groups is 1. The zero-order chi connectivity index (χ0) is 14.0. The number of carboxylic acids is 1. The molecule has 1 aliphatic carbocycles. The van der Waals surface area contributed by atoms with E-state index in [-0.39, 0.29) is 22.8 Å². The van der Waals surface area contributed by atoms with Gasteiger partial charge in [-0.1, -0.05) is 32.0 Å². The summed E-state index contributed by atoms with van der Waals surface area (Å²) in [5, 5.41) is 9.28. The minimum atomic E-state index is -0.902. The number of aromatic nitrogens is 2. The fourth-order valence-electron chi connectivity index (χ4n) is 2.69. The minimum absolute atomic E-state index is 0.0798. The third-order valence-electron chi connectivity index (χ3n) is 3.67. The quantitative estimate of drug-likeness (QED) is 0.677. The minimum Gasteiger partial charge on any atom is -0.481 e. The smallest absolute Gasteiger partial charge is 0.313 e. The Hall–Kier alpha value is -1.30. The van der Waals surface area contributed by atoms with Crippen LogP contribution >= 0.6 is 11.8 Å². The van der Waals surface area contributed by atoms with Gasteiger partial charge in [-0.05, 0) is 18.3 Å². The van der Waals surface area contributed by atoms with Crippen molar-refractivity contribution in [2.75, 3.05) is 5.75 Å². The van der Waals surface area contributed by atoms with E-state index in [0.717, 1.165) is 31.0 Å². The lowest BCUT2D eigenvalue weighted by atomic mass is 9.87. The molecular formula is C13H18N2O3S. The first kappa shape index (κ1) is 14.1. The van der Waals surface area contributed by atoms with E-state index in [9.17, 15) is 9.59 Å². The van der Waals surface area contributed by atoms with E-state index < -0.39 is 5.97 Å². The van der Waals surface area contributed by atoms with Crippen LogP contribution in [0.3, 0.4) is 0 Å². The van der Waals surface area contributed by atoms with Gasteiger partial charge in [0, 0.05) is 18.3 Å². The van der Waals surface area contributed by atoms with Crippen molar-refractivity contribution >= 4 is 17.7 Å². The lowest BCUT2D eigenvalue weighted by molar-refractivity contribution is -0.133. The maximum atomic E-state index is 11.4. The summed E-state index contributed by atoms with van der Waals surface area (Å²) in [6.07, 6.45) is 5.06. The van der Waals surface area contributed by atoms with E-state index in [1.807, 2.05) is 4.57 Å². The van der Waals surface area contributed by atoms with E-state index >= 15 is 0 Å². The summed E-state index contributed by atoms with van der Waals surface area (Å²) in [6, 6.07) is 1.72. The molecule has 1 saturated carbocycles. The van der Waals surface area contributed by atoms with Crippen molar-refractivity contribution in [2.24, 2.45) is 5.41 Å². The first-order valence-corrected chi connectivity index (χ1v) is 7.32. The van der Waals surface area contributed by atoms with E-state index in [2.05, 4.69) is 18.8 Å². The van der Waals surface area contributed by atoms with Gasteiger partial charge in [-0.25, -0.2) is 0 Å². The molecule has 1 aromatic heterocycles. The highest BCUT2D eigenvalue weighted by atomic mass is 32.2. The van der Waals surface area contributed by atoms with Crippen molar-refractivity contribution in [1.82, 2.24) is 9.55 Å². The lowest BCUT2D eigenvalue weighted by Crippen LogP contribution is -2.25. The van der Waals surface area contributed by atoms with Crippen LogP contribution in [-0.2, 0) is 4.79 Å². The lowest BCUT2D eigenvalue weighted by Gasteiger charge is -2.30. The topological polar surface area (TPSA) is 72.2 Å². The average molecular weight is 282 g/mol. The Labute approximate surface area is 116 Å². The van der Waals surface area contributed by atoms with Crippen LogP contribution in [-0.4, -0.2) is 26.4 Å². The van der Waals surface area contributed by atoms with Gasteiger partial charge in [0.1, 0.15) is 0 Å². The fourth-order valence-corrected chi connectivity index (χ4v) is 3.44. The fraction of sp³-hybridized carbons (Fsp3) is 0.615. The molecule has 5 nitrogen and oxygen atoms in total. The van der Waals surface area contributed by atoms with Gasteiger partial charge in [0.05, 0.1) is 5.75 Å². The Morgan fingerprint density at radius 2 is 2.37 bits per heavy atom. The SMILES string of the molecule is CC1(C)CCCC1n1ccc(=O)nc1SCC(=O)O. The Balaban J connectivity index is 2.34. The van der Waals surface area contributed by atoms with Crippen LogP contribution in [0, 0.1) is 5.41 Å². The summed E-state index contributed by atoms with van der Waals surface area (Å²) in [5.41, 5.74) is -0.171. The summed E-state index contributed by atoms with van der Waals surface area (Å²) >= 11 is 1.11. The molecule has 0 radical (unpaired) electrons. The predicted molar refractivity (Wildman–Crippen MR) is 73.5 cm³/mol. The van der Waals surface area contributed by atoms with Gasteiger partial charge in [-0.3, -0.25) is 9.59 Å². The van der Waals surface area contributed by atoms with Crippen molar-refractivity contribution in [3.63, 3.8) is 0 Å². The molecule has 104 valence electrons. The maximum absolute atomic E-state index is 11.4. The van der Waals surface area contributed by atoms with Crippen LogP contribution in [0.5, 0.6) is 0 Å². The highest BCUT2D eigenvalue weighted by Gasteiger charge is 2.36. The van der Waals surface area contributed by atoms with Crippen LogP contribution in [0.2, 0.25) is 0 Å². The molecule has 19 heavy (non-hydrogen) atoms. The second-order valence-corrected chi connectivity index (χ2v) is 6.48. The van der Waals surface area contributed by atoms with Crippen molar-refractivity contribution in [3.05, 3.63) is 22.6 Å². The van der Waals surface area contributed by atoms with Crippen molar-refractivity contribution in [2.45, 2.75) is 44.3 Å². The Morgan fingerprint density at radius 3 is 2.95 bits per heavy atom. The molecule has 2 rings (SSSR count). The van der Waals surface area contributed by atoms with E-state index in [4.69, 9.17) is 5.11 Å². The molecule has 0 saturated heterocycles. The van der Waals surface area contributed by atoms with Crippen LogP contribution in [0.1, 0.15) is 39.2 Å². The molecule has 1 aliphatic rings. The highest BCUT2D eigenvalue weighted by Crippen LogP contribution is 2.46. The zero-order valence-electron chi connectivity index (χ0n) is 11.1. The van der Waals surface area contributed by atoms with Gasteiger partial charge in [-0.15, -0.1) is 0 Å². The van der Waals surface area contributed by atoms with E-state index in [1.165, 1.54) is 6.07 Å². The van der Waals surface area contributed by atoms with Crippen molar-refractivity contribution in [1.29, 1.82) is 0 Å². The molecule has 0 aliphatic heterocycles. The number of nitrogens with zero attached hydrogens (tertiary/aromatic N) is 2. The van der Waals surface area contributed by atoms with Gasteiger partial charge in [0.25, 0.3) is 5.56 Å². The predicted octanol–water partition coefficient (Wildman–Crippen LogP) is 2.17. The average Bonchev–Trinajstić information content (AvgIpc) is 2.66. The van der Waals surface area contributed by atoms with E-state index in [0.29, 0.717) is 5.16 Å². The standard InChI is InChI=1S/C13H18N2O3S/c1-13(2)6-3-4-9(13)15-7-5-10(16)14-12(15)19-8-11(17)18/h5,7,9H,3-4,6,8H2,1-2H3,(H,17,18). The molecule has 1 fully saturated rings. The summed E-state index contributed by atoms with van der Waals surface area (Å²) in [6.45, 7) is 4.41. The second-order valence-electron chi connectivity index (χ2n) is 5.53. The molecule has 1 N–H and O–H groups in total. The van der Waals surface area contributed by atoms with Crippen LogP contribution in [0.15, 0.2) is 22.2 Å². The molecule has 1 aromatic rings. The molecule has 1 unspecified atom stereocenters. The van der Waals surface area contributed by atoms with Crippen LogP contribution in [0.25, 0.3) is 0 Å². The van der Waals surface area contributed by atoms with E-state index in [1.54, 1.807) is 6.20 Å². The first-order chi connectivity index (χ1) is 8.90. The number of thioether (sulfide) groups is 1.